The third-order valence-electron chi connectivity index (χ3n) is 5.48. The van der Waals surface area contributed by atoms with Gasteiger partial charge in [-0.15, -0.1) is 0 Å². The van der Waals surface area contributed by atoms with Crippen LogP contribution in [0.1, 0.15) is 17.3 Å². The Kier molecular flexibility index (Phi) is 4.44. The number of morpholine rings is 1. The molecule has 2 fully saturated rings. The average molecular weight is 342 g/mol. The van der Waals surface area contributed by atoms with Crippen LogP contribution in [-0.2, 0) is 4.74 Å². The summed E-state index contributed by atoms with van der Waals surface area (Å²) in [4.78, 5) is 17.5. The fraction of sp³-hybridized carbons (Fsp3) is 0.450. The molecular formula is C20H23FN2O2. The second-order valence-corrected chi connectivity index (χ2v) is 7.04. The van der Waals surface area contributed by atoms with Crippen LogP contribution in [0.3, 0.4) is 0 Å². The lowest BCUT2D eigenvalue weighted by atomic mass is 10.0. The number of hydrogen-bond donors (Lipinski definition) is 0. The second-order valence-electron chi connectivity index (χ2n) is 7.04. The molecule has 2 aliphatic rings. The summed E-state index contributed by atoms with van der Waals surface area (Å²) in [6, 6.07) is 10.6. The molecule has 132 valence electrons. The van der Waals surface area contributed by atoms with Gasteiger partial charge in [0.25, 0.3) is 5.91 Å². The van der Waals surface area contributed by atoms with E-state index in [1.165, 1.54) is 6.07 Å². The highest BCUT2D eigenvalue weighted by Crippen LogP contribution is 2.27. The van der Waals surface area contributed by atoms with Crippen LogP contribution in [0, 0.1) is 11.7 Å². The van der Waals surface area contributed by atoms with Crippen molar-refractivity contribution in [3.8, 4) is 0 Å². The third kappa shape index (κ3) is 3.02. The minimum absolute atomic E-state index is 0.00110. The molecule has 0 aromatic heterocycles. The predicted octanol–water partition coefficient (Wildman–Crippen LogP) is 2.77. The molecule has 2 heterocycles. The molecule has 0 N–H and O–H groups in total. The van der Waals surface area contributed by atoms with E-state index in [2.05, 4.69) is 11.8 Å². The van der Waals surface area contributed by atoms with Crippen LogP contribution in [0.2, 0.25) is 0 Å². The first-order valence-electron chi connectivity index (χ1n) is 8.93. The SMILES string of the molecule is C[C@H]1CN(C(=O)c2ccc(F)c3ccccc23)C[C@H]1N1CCOCC1. The van der Waals surface area contributed by atoms with E-state index in [1.807, 2.05) is 17.0 Å². The Morgan fingerprint density at radius 1 is 1.08 bits per heavy atom. The smallest absolute Gasteiger partial charge is 0.254 e. The maximum Gasteiger partial charge on any atom is 0.254 e. The molecule has 2 aliphatic heterocycles. The van der Waals surface area contributed by atoms with E-state index in [0.717, 1.165) is 39.4 Å². The number of fused-ring (bicyclic) bond motifs is 1. The molecular weight excluding hydrogens is 319 g/mol. The second kappa shape index (κ2) is 6.73. The zero-order valence-corrected chi connectivity index (χ0v) is 14.5. The fourth-order valence-corrected chi connectivity index (χ4v) is 4.12. The van der Waals surface area contributed by atoms with E-state index in [0.29, 0.717) is 28.3 Å². The van der Waals surface area contributed by atoms with Gasteiger partial charge in [0.1, 0.15) is 5.82 Å². The first kappa shape index (κ1) is 16.5. The molecule has 0 radical (unpaired) electrons. The first-order valence-corrected chi connectivity index (χ1v) is 8.93. The number of nitrogens with zero attached hydrogens (tertiary/aromatic N) is 2. The van der Waals surface area contributed by atoms with Gasteiger partial charge in [0, 0.05) is 43.2 Å². The zero-order valence-electron chi connectivity index (χ0n) is 14.5. The minimum atomic E-state index is -0.284. The van der Waals surface area contributed by atoms with E-state index in [-0.39, 0.29) is 11.7 Å². The summed E-state index contributed by atoms with van der Waals surface area (Å²) in [5.74, 6) is 0.140. The summed E-state index contributed by atoms with van der Waals surface area (Å²) in [5, 5.41) is 1.19. The Labute approximate surface area is 147 Å². The summed E-state index contributed by atoms with van der Waals surface area (Å²) in [5.41, 5.74) is 0.590. The lowest BCUT2D eigenvalue weighted by Gasteiger charge is -2.34. The number of rotatable bonds is 2. The summed E-state index contributed by atoms with van der Waals surface area (Å²) in [7, 11) is 0. The van der Waals surface area contributed by atoms with E-state index in [4.69, 9.17) is 4.74 Å². The molecule has 0 aliphatic carbocycles. The van der Waals surface area contributed by atoms with Crippen molar-refractivity contribution in [2.75, 3.05) is 39.4 Å². The monoisotopic (exact) mass is 342 g/mol. The molecule has 0 saturated carbocycles. The molecule has 2 atom stereocenters. The molecule has 1 amide bonds. The highest BCUT2D eigenvalue weighted by molar-refractivity contribution is 6.07. The van der Waals surface area contributed by atoms with Crippen molar-refractivity contribution in [3.05, 3.63) is 47.8 Å². The fourth-order valence-electron chi connectivity index (χ4n) is 4.12. The molecule has 25 heavy (non-hydrogen) atoms. The first-order chi connectivity index (χ1) is 12.1. The van der Waals surface area contributed by atoms with Crippen LogP contribution in [0.15, 0.2) is 36.4 Å². The van der Waals surface area contributed by atoms with Crippen molar-refractivity contribution in [3.63, 3.8) is 0 Å². The van der Waals surface area contributed by atoms with Gasteiger partial charge in [0.15, 0.2) is 0 Å². The van der Waals surface area contributed by atoms with Gasteiger partial charge < -0.3 is 9.64 Å². The van der Waals surface area contributed by atoms with Crippen molar-refractivity contribution in [2.24, 2.45) is 5.92 Å². The number of carbonyl (C=O) groups is 1. The number of likely N-dealkylation sites (tertiary alicyclic amines) is 1. The van der Waals surface area contributed by atoms with Gasteiger partial charge in [-0.1, -0.05) is 31.2 Å². The number of amides is 1. The van der Waals surface area contributed by atoms with Crippen LogP contribution in [0.4, 0.5) is 4.39 Å². The Hall–Kier alpha value is -1.98. The Balaban J connectivity index is 1.59. The van der Waals surface area contributed by atoms with Gasteiger partial charge in [0.05, 0.1) is 13.2 Å². The Morgan fingerprint density at radius 2 is 1.80 bits per heavy atom. The van der Waals surface area contributed by atoms with Gasteiger partial charge in [0.2, 0.25) is 0 Å². The lowest BCUT2D eigenvalue weighted by molar-refractivity contribution is 0.0119. The standard InChI is InChI=1S/C20H23FN2O2/c1-14-12-23(13-19(14)22-8-10-25-11-9-22)20(24)17-6-7-18(21)16-5-3-2-4-15(16)17/h2-7,14,19H,8-13H2,1H3/t14-,19+/m0/s1. The molecule has 0 unspecified atom stereocenters. The van der Waals surface area contributed by atoms with E-state index >= 15 is 0 Å². The Bertz CT molecular complexity index is 788. The zero-order chi connectivity index (χ0) is 17.4. The molecule has 4 rings (SSSR count). The highest BCUT2D eigenvalue weighted by atomic mass is 19.1. The van der Waals surface area contributed by atoms with Gasteiger partial charge >= 0.3 is 0 Å². The van der Waals surface area contributed by atoms with Gasteiger partial charge in [-0.05, 0) is 23.4 Å². The van der Waals surface area contributed by atoms with Crippen molar-refractivity contribution in [1.29, 1.82) is 0 Å². The predicted molar refractivity (Wildman–Crippen MR) is 95.2 cm³/mol. The highest BCUT2D eigenvalue weighted by Gasteiger charge is 2.37. The molecule has 5 heteroatoms. The van der Waals surface area contributed by atoms with Gasteiger partial charge in [-0.3, -0.25) is 9.69 Å². The number of hydrogen-bond acceptors (Lipinski definition) is 3. The van der Waals surface area contributed by atoms with Crippen LogP contribution < -0.4 is 0 Å². The van der Waals surface area contributed by atoms with Crippen LogP contribution in [-0.4, -0.2) is 61.1 Å². The van der Waals surface area contributed by atoms with Crippen molar-refractivity contribution >= 4 is 16.7 Å². The Morgan fingerprint density at radius 3 is 2.56 bits per heavy atom. The average Bonchev–Trinajstić information content (AvgIpc) is 3.04. The number of halogens is 1. The van der Waals surface area contributed by atoms with E-state index in [1.54, 1.807) is 18.2 Å². The summed E-state index contributed by atoms with van der Waals surface area (Å²) in [6.07, 6.45) is 0. The molecule has 2 saturated heterocycles. The maximum absolute atomic E-state index is 14.0. The van der Waals surface area contributed by atoms with Crippen molar-refractivity contribution in [1.82, 2.24) is 9.80 Å². The van der Waals surface area contributed by atoms with Crippen LogP contribution in [0.25, 0.3) is 10.8 Å². The van der Waals surface area contributed by atoms with E-state index in [9.17, 15) is 9.18 Å². The van der Waals surface area contributed by atoms with Crippen LogP contribution in [0.5, 0.6) is 0 Å². The minimum Gasteiger partial charge on any atom is -0.379 e. The van der Waals surface area contributed by atoms with Crippen molar-refractivity contribution in [2.45, 2.75) is 13.0 Å². The third-order valence-corrected chi connectivity index (χ3v) is 5.48. The van der Waals surface area contributed by atoms with Gasteiger partial charge in [-0.2, -0.15) is 0 Å². The summed E-state index contributed by atoms with van der Waals surface area (Å²) < 4.78 is 19.5. The maximum atomic E-state index is 14.0. The lowest BCUT2D eigenvalue weighted by Crippen LogP contribution is -2.47. The molecule has 0 spiro atoms. The number of ether oxygens (including phenoxy) is 1. The summed E-state index contributed by atoms with van der Waals surface area (Å²) >= 11 is 0. The van der Waals surface area contributed by atoms with E-state index < -0.39 is 0 Å². The molecule has 4 nitrogen and oxygen atoms in total. The molecule has 2 aromatic rings. The number of benzene rings is 2. The van der Waals surface area contributed by atoms with Crippen LogP contribution >= 0.6 is 0 Å². The van der Waals surface area contributed by atoms with Gasteiger partial charge in [-0.25, -0.2) is 4.39 Å². The van der Waals surface area contributed by atoms with Crippen molar-refractivity contribution < 1.29 is 13.9 Å². The molecule has 2 aromatic carbocycles. The largest absolute Gasteiger partial charge is 0.379 e. The summed E-state index contributed by atoms with van der Waals surface area (Å²) in [6.45, 7) is 7.06. The topological polar surface area (TPSA) is 32.8 Å². The normalized spacial score (nSPS) is 24.8. The quantitative estimate of drug-likeness (QED) is 0.841. The molecule has 0 bridgehead atoms. The number of carbonyl (C=O) groups excluding carboxylic acids is 1.